The standard InChI is InChI=1S/C11H17N3O3S/c1-6(2)5-17-10(16)9-7(3)13-11(18-9)14-8(15)4-12/h6H,4-5,12H2,1-3H3,(H,13,14,15). The van der Waals surface area contributed by atoms with E-state index in [-0.39, 0.29) is 18.4 Å². The fourth-order valence-corrected chi connectivity index (χ4v) is 1.99. The van der Waals surface area contributed by atoms with Gasteiger partial charge in [0.2, 0.25) is 5.91 Å². The van der Waals surface area contributed by atoms with Crippen LogP contribution in [0.15, 0.2) is 0 Å². The van der Waals surface area contributed by atoms with Crippen molar-refractivity contribution in [1.82, 2.24) is 4.98 Å². The second kappa shape index (κ2) is 6.46. The third-order valence-electron chi connectivity index (χ3n) is 1.96. The highest BCUT2D eigenvalue weighted by Gasteiger charge is 2.17. The number of nitrogens with one attached hydrogen (secondary N) is 1. The van der Waals surface area contributed by atoms with Gasteiger partial charge in [0.05, 0.1) is 18.8 Å². The van der Waals surface area contributed by atoms with Gasteiger partial charge in [-0.2, -0.15) is 0 Å². The van der Waals surface area contributed by atoms with Crippen LogP contribution in [-0.2, 0) is 9.53 Å². The van der Waals surface area contributed by atoms with Gasteiger partial charge in [0, 0.05) is 0 Å². The first kappa shape index (κ1) is 14.6. The number of esters is 1. The van der Waals surface area contributed by atoms with E-state index >= 15 is 0 Å². The van der Waals surface area contributed by atoms with Crippen molar-refractivity contribution < 1.29 is 14.3 Å². The Kier molecular flexibility index (Phi) is 5.24. The molecule has 3 N–H and O–H groups in total. The molecule has 0 aliphatic heterocycles. The van der Waals surface area contributed by atoms with Gasteiger partial charge in [-0.15, -0.1) is 0 Å². The molecule has 0 aromatic carbocycles. The fraction of sp³-hybridized carbons (Fsp3) is 0.545. The molecule has 1 aromatic heterocycles. The molecule has 0 atom stereocenters. The lowest BCUT2D eigenvalue weighted by molar-refractivity contribution is -0.114. The Morgan fingerprint density at radius 2 is 2.17 bits per heavy atom. The van der Waals surface area contributed by atoms with Gasteiger partial charge in [-0.3, -0.25) is 4.79 Å². The lowest BCUT2D eigenvalue weighted by Crippen LogP contribution is -2.21. The van der Waals surface area contributed by atoms with Crippen molar-refractivity contribution in [3.63, 3.8) is 0 Å². The van der Waals surface area contributed by atoms with Gasteiger partial charge in [-0.05, 0) is 12.8 Å². The molecule has 0 saturated heterocycles. The average Bonchev–Trinajstić information content (AvgIpc) is 2.66. The number of rotatable bonds is 5. The Labute approximate surface area is 110 Å². The summed E-state index contributed by atoms with van der Waals surface area (Å²) in [5, 5.41) is 2.87. The Hall–Kier alpha value is -1.47. The van der Waals surface area contributed by atoms with Gasteiger partial charge in [0.15, 0.2) is 5.13 Å². The zero-order valence-electron chi connectivity index (χ0n) is 10.6. The zero-order chi connectivity index (χ0) is 13.7. The first-order chi connectivity index (χ1) is 8.43. The smallest absolute Gasteiger partial charge is 0.350 e. The summed E-state index contributed by atoms with van der Waals surface area (Å²) in [7, 11) is 0. The molecule has 1 amide bonds. The SMILES string of the molecule is Cc1nc(NC(=O)CN)sc1C(=O)OCC(C)C. The number of hydrogen-bond donors (Lipinski definition) is 2. The zero-order valence-corrected chi connectivity index (χ0v) is 11.5. The first-order valence-corrected chi connectivity index (χ1v) is 6.40. The van der Waals surface area contributed by atoms with E-state index in [1.54, 1.807) is 6.92 Å². The molecular formula is C11H17N3O3S. The van der Waals surface area contributed by atoms with Crippen LogP contribution in [0, 0.1) is 12.8 Å². The number of carbonyl (C=O) groups is 2. The minimum absolute atomic E-state index is 0.119. The predicted octanol–water partition coefficient (Wildman–Crippen LogP) is 1.16. The summed E-state index contributed by atoms with van der Waals surface area (Å²) >= 11 is 1.09. The third kappa shape index (κ3) is 4.08. The summed E-state index contributed by atoms with van der Waals surface area (Å²) in [5.41, 5.74) is 5.72. The molecule has 0 unspecified atom stereocenters. The molecule has 1 heterocycles. The minimum Gasteiger partial charge on any atom is -0.461 e. The number of carbonyl (C=O) groups excluding carboxylic acids is 2. The molecule has 0 radical (unpaired) electrons. The number of nitrogens with zero attached hydrogens (tertiary/aromatic N) is 1. The predicted molar refractivity (Wildman–Crippen MR) is 69.7 cm³/mol. The van der Waals surface area contributed by atoms with Crippen LogP contribution in [0.1, 0.15) is 29.2 Å². The van der Waals surface area contributed by atoms with Crippen LogP contribution >= 0.6 is 11.3 Å². The molecule has 0 aliphatic rings. The van der Waals surface area contributed by atoms with Gasteiger partial charge in [0.1, 0.15) is 4.88 Å². The summed E-state index contributed by atoms with van der Waals surface area (Å²) in [6, 6.07) is 0. The van der Waals surface area contributed by atoms with Crippen molar-refractivity contribution in [2.24, 2.45) is 11.7 Å². The molecule has 6 nitrogen and oxygen atoms in total. The van der Waals surface area contributed by atoms with E-state index in [0.29, 0.717) is 22.3 Å². The van der Waals surface area contributed by atoms with Crippen LogP contribution in [0.25, 0.3) is 0 Å². The highest BCUT2D eigenvalue weighted by molar-refractivity contribution is 7.17. The van der Waals surface area contributed by atoms with E-state index < -0.39 is 5.97 Å². The molecule has 0 aliphatic carbocycles. The Bertz CT molecular complexity index is 443. The summed E-state index contributed by atoms with van der Waals surface area (Å²) in [4.78, 5) is 27.3. The Morgan fingerprint density at radius 3 is 2.72 bits per heavy atom. The van der Waals surface area contributed by atoms with Crippen LogP contribution in [0.5, 0.6) is 0 Å². The van der Waals surface area contributed by atoms with Crippen LogP contribution in [0.4, 0.5) is 5.13 Å². The molecule has 1 aromatic rings. The molecule has 0 saturated carbocycles. The third-order valence-corrected chi connectivity index (χ3v) is 3.01. The number of ether oxygens (including phenoxy) is 1. The first-order valence-electron chi connectivity index (χ1n) is 5.58. The number of anilines is 1. The molecule has 18 heavy (non-hydrogen) atoms. The van der Waals surface area contributed by atoms with Crippen LogP contribution in [0.3, 0.4) is 0 Å². The lowest BCUT2D eigenvalue weighted by atomic mass is 10.2. The van der Waals surface area contributed by atoms with Crippen LogP contribution in [-0.4, -0.2) is 30.0 Å². The molecular weight excluding hydrogens is 254 g/mol. The van der Waals surface area contributed by atoms with E-state index in [9.17, 15) is 9.59 Å². The van der Waals surface area contributed by atoms with E-state index in [1.165, 1.54) is 0 Å². The number of thiazole rings is 1. The molecule has 1 rings (SSSR count). The quantitative estimate of drug-likeness (QED) is 0.784. The van der Waals surface area contributed by atoms with Crippen molar-refractivity contribution in [2.45, 2.75) is 20.8 Å². The van der Waals surface area contributed by atoms with E-state index in [2.05, 4.69) is 10.3 Å². The van der Waals surface area contributed by atoms with Gasteiger partial charge >= 0.3 is 5.97 Å². The fourth-order valence-electron chi connectivity index (χ4n) is 1.12. The number of amides is 1. The van der Waals surface area contributed by atoms with Gasteiger partial charge in [-0.25, -0.2) is 9.78 Å². The average molecular weight is 271 g/mol. The Morgan fingerprint density at radius 1 is 1.50 bits per heavy atom. The van der Waals surface area contributed by atoms with Crippen LogP contribution < -0.4 is 11.1 Å². The molecule has 0 spiro atoms. The largest absolute Gasteiger partial charge is 0.461 e. The topological polar surface area (TPSA) is 94.3 Å². The maximum absolute atomic E-state index is 11.7. The van der Waals surface area contributed by atoms with Crippen LogP contribution in [0.2, 0.25) is 0 Å². The molecule has 0 fully saturated rings. The molecule has 0 bridgehead atoms. The second-order valence-electron chi connectivity index (χ2n) is 4.18. The van der Waals surface area contributed by atoms with Gasteiger partial charge in [0.25, 0.3) is 0 Å². The summed E-state index contributed by atoms with van der Waals surface area (Å²) in [5.74, 6) is -0.476. The number of nitrogens with two attached hydrogens (primary N) is 1. The highest BCUT2D eigenvalue weighted by atomic mass is 32.1. The van der Waals surface area contributed by atoms with Crippen molar-refractivity contribution in [3.8, 4) is 0 Å². The highest BCUT2D eigenvalue weighted by Crippen LogP contribution is 2.23. The number of hydrogen-bond acceptors (Lipinski definition) is 6. The second-order valence-corrected chi connectivity index (χ2v) is 5.18. The lowest BCUT2D eigenvalue weighted by Gasteiger charge is -2.05. The van der Waals surface area contributed by atoms with E-state index in [4.69, 9.17) is 10.5 Å². The van der Waals surface area contributed by atoms with Gasteiger partial charge < -0.3 is 15.8 Å². The maximum Gasteiger partial charge on any atom is 0.350 e. The molecule has 100 valence electrons. The summed E-state index contributed by atoms with van der Waals surface area (Å²) in [6.45, 7) is 5.85. The molecule has 7 heteroatoms. The van der Waals surface area contributed by atoms with Crippen molar-refractivity contribution >= 4 is 28.3 Å². The number of aromatic nitrogens is 1. The normalized spacial score (nSPS) is 10.5. The summed E-state index contributed by atoms with van der Waals surface area (Å²) < 4.78 is 5.11. The Balaban J connectivity index is 2.71. The van der Waals surface area contributed by atoms with E-state index in [0.717, 1.165) is 11.3 Å². The monoisotopic (exact) mass is 271 g/mol. The van der Waals surface area contributed by atoms with Crippen molar-refractivity contribution in [2.75, 3.05) is 18.5 Å². The maximum atomic E-state index is 11.7. The summed E-state index contributed by atoms with van der Waals surface area (Å²) in [6.07, 6.45) is 0. The van der Waals surface area contributed by atoms with Gasteiger partial charge in [-0.1, -0.05) is 25.2 Å². The van der Waals surface area contributed by atoms with Crippen molar-refractivity contribution in [1.29, 1.82) is 0 Å². The minimum atomic E-state index is -0.410. The van der Waals surface area contributed by atoms with Crippen molar-refractivity contribution in [3.05, 3.63) is 10.6 Å². The number of aryl methyl sites for hydroxylation is 1. The van der Waals surface area contributed by atoms with E-state index in [1.807, 2.05) is 13.8 Å².